The number of carbonyl (C=O) groups is 1. The molecular weight excluding hydrogens is 262 g/mol. The zero-order valence-electron chi connectivity index (χ0n) is 10.9. The van der Waals surface area contributed by atoms with E-state index >= 15 is 0 Å². The monoisotopic (exact) mass is 281 g/mol. The number of rotatable bonds is 6. The number of hydrogen-bond acceptors (Lipinski definition) is 4. The van der Waals surface area contributed by atoms with E-state index in [1.54, 1.807) is 0 Å². The average molecular weight is 281 g/mol. The molecule has 2 heterocycles. The second kappa shape index (κ2) is 5.96. The predicted octanol–water partition coefficient (Wildman–Crippen LogP) is 1.61. The SMILES string of the molecule is O=C(CSc1nccn1C1CC1)NC[C@@H]1CCCO1. The third-order valence-electron chi connectivity index (χ3n) is 3.46. The molecule has 2 fully saturated rings. The second-order valence-corrected chi connectivity index (χ2v) is 6.02. The number of amides is 1. The van der Waals surface area contributed by atoms with Crippen LogP contribution in [0.2, 0.25) is 0 Å². The van der Waals surface area contributed by atoms with Crippen molar-refractivity contribution in [2.24, 2.45) is 0 Å². The third kappa shape index (κ3) is 3.51. The van der Waals surface area contributed by atoms with Crippen LogP contribution in [0.25, 0.3) is 0 Å². The van der Waals surface area contributed by atoms with Crippen molar-refractivity contribution in [3.05, 3.63) is 12.4 Å². The molecule has 3 rings (SSSR count). The van der Waals surface area contributed by atoms with Crippen LogP contribution >= 0.6 is 11.8 Å². The van der Waals surface area contributed by atoms with Crippen LogP contribution in [0.1, 0.15) is 31.7 Å². The number of thioether (sulfide) groups is 1. The van der Waals surface area contributed by atoms with Crippen LogP contribution < -0.4 is 5.32 Å². The molecule has 0 bridgehead atoms. The second-order valence-electron chi connectivity index (χ2n) is 5.08. The number of nitrogens with one attached hydrogen (secondary N) is 1. The molecule has 2 aliphatic rings. The van der Waals surface area contributed by atoms with E-state index in [9.17, 15) is 4.79 Å². The minimum Gasteiger partial charge on any atom is -0.376 e. The summed E-state index contributed by atoms with van der Waals surface area (Å²) < 4.78 is 7.65. The zero-order valence-corrected chi connectivity index (χ0v) is 11.7. The molecule has 1 atom stereocenters. The Hall–Kier alpha value is -1.01. The molecule has 1 aromatic rings. The van der Waals surface area contributed by atoms with Crippen molar-refractivity contribution in [1.82, 2.24) is 14.9 Å². The maximum absolute atomic E-state index is 11.8. The Morgan fingerprint density at radius 3 is 3.16 bits per heavy atom. The van der Waals surface area contributed by atoms with Gasteiger partial charge in [-0.3, -0.25) is 4.79 Å². The van der Waals surface area contributed by atoms with Crippen LogP contribution in [-0.4, -0.2) is 40.5 Å². The Kier molecular flexibility index (Phi) is 4.08. The van der Waals surface area contributed by atoms with Gasteiger partial charge in [0.05, 0.1) is 11.9 Å². The highest BCUT2D eigenvalue weighted by atomic mass is 32.2. The van der Waals surface area contributed by atoms with Crippen molar-refractivity contribution in [1.29, 1.82) is 0 Å². The summed E-state index contributed by atoms with van der Waals surface area (Å²) in [6, 6.07) is 0.611. The van der Waals surface area contributed by atoms with Crippen LogP contribution in [0.5, 0.6) is 0 Å². The normalized spacial score (nSPS) is 22.6. The Morgan fingerprint density at radius 1 is 1.53 bits per heavy atom. The summed E-state index contributed by atoms with van der Waals surface area (Å²) in [7, 11) is 0. The van der Waals surface area contributed by atoms with Crippen molar-refractivity contribution in [3.63, 3.8) is 0 Å². The Morgan fingerprint density at radius 2 is 2.42 bits per heavy atom. The first-order valence-electron chi connectivity index (χ1n) is 6.87. The molecule has 1 saturated heterocycles. The van der Waals surface area contributed by atoms with E-state index in [0.29, 0.717) is 18.3 Å². The largest absolute Gasteiger partial charge is 0.376 e. The molecule has 1 N–H and O–H groups in total. The lowest BCUT2D eigenvalue weighted by atomic mass is 10.2. The minimum absolute atomic E-state index is 0.0610. The van der Waals surface area contributed by atoms with Crippen molar-refractivity contribution in [2.75, 3.05) is 18.9 Å². The first-order valence-corrected chi connectivity index (χ1v) is 7.85. The number of nitrogens with zero attached hydrogens (tertiary/aromatic N) is 2. The molecule has 1 saturated carbocycles. The van der Waals surface area contributed by atoms with Gasteiger partial charge in [0.2, 0.25) is 5.91 Å². The first kappa shape index (κ1) is 13.0. The molecule has 0 radical (unpaired) electrons. The van der Waals surface area contributed by atoms with Gasteiger partial charge in [0, 0.05) is 31.6 Å². The molecule has 1 amide bonds. The summed E-state index contributed by atoms with van der Waals surface area (Å²) in [5.74, 6) is 0.488. The Bertz CT molecular complexity index is 439. The zero-order chi connectivity index (χ0) is 13.1. The first-order chi connectivity index (χ1) is 9.33. The van der Waals surface area contributed by atoms with E-state index < -0.39 is 0 Å². The number of ether oxygens (including phenoxy) is 1. The van der Waals surface area contributed by atoms with Crippen molar-refractivity contribution in [3.8, 4) is 0 Å². The third-order valence-corrected chi connectivity index (χ3v) is 4.44. The van der Waals surface area contributed by atoms with Gasteiger partial charge < -0.3 is 14.6 Å². The van der Waals surface area contributed by atoms with Gasteiger partial charge in [-0.2, -0.15) is 0 Å². The van der Waals surface area contributed by atoms with Gasteiger partial charge >= 0.3 is 0 Å². The van der Waals surface area contributed by atoms with Crippen molar-refractivity contribution < 1.29 is 9.53 Å². The Balaban J connectivity index is 1.40. The van der Waals surface area contributed by atoms with E-state index in [1.165, 1.54) is 24.6 Å². The number of hydrogen-bond donors (Lipinski definition) is 1. The summed E-state index contributed by atoms with van der Waals surface area (Å²) in [5, 5.41) is 3.88. The highest BCUT2D eigenvalue weighted by Crippen LogP contribution is 2.37. The average Bonchev–Trinajstić information content (AvgIpc) is 2.94. The van der Waals surface area contributed by atoms with Crippen LogP contribution in [0.4, 0.5) is 0 Å². The summed E-state index contributed by atoms with van der Waals surface area (Å²) in [6.07, 6.45) is 8.65. The smallest absolute Gasteiger partial charge is 0.230 e. The van der Waals surface area contributed by atoms with E-state index in [2.05, 4.69) is 14.9 Å². The van der Waals surface area contributed by atoms with E-state index in [-0.39, 0.29) is 12.0 Å². The lowest BCUT2D eigenvalue weighted by Crippen LogP contribution is -2.32. The maximum atomic E-state index is 11.8. The molecule has 5 nitrogen and oxygen atoms in total. The predicted molar refractivity (Wildman–Crippen MR) is 73.2 cm³/mol. The molecule has 0 spiro atoms. The molecule has 104 valence electrons. The molecular formula is C13H19N3O2S. The van der Waals surface area contributed by atoms with Gasteiger partial charge in [-0.25, -0.2) is 4.98 Å². The van der Waals surface area contributed by atoms with E-state index in [4.69, 9.17) is 4.74 Å². The lowest BCUT2D eigenvalue weighted by Gasteiger charge is -2.10. The number of aromatic nitrogens is 2. The summed E-state index contributed by atoms with van der Waals surface area (Å²) in [6.45, 7) is 1.46. The number of imidazole rings is 1. The highest BCUT2D eigenvalue weighted by Gasteiger charge is 2.25. The summed E-state index contributed by atoms with van der Waals surface area (Å²) in [5.41, 5.74) is 0. The molecule has 6 heteroatoms. The minimum atomic E-state index is 0.0610. The lowest BCUT2D eigenvalue weighted by molar-refractivity contribution is -0.119. The van der Waals surface area contributed by atoms with Crippen LogP contribution in [0, 0.1) is 0 Å². The van der Waals surface area contributed by atoms with Gasteiger partial charge in [-0.05, 0) is 25.7 Å². The van der Waals surface area contributed by atoms with Gasteiger partial charge in [0.1, 0.15) is 0 Å². The molecule has 0 unspecified atom stereocenters. The fourth-order valence-electron chi connectivity index (χ4n) is 2.26. The van der Waals surface area contributed by atoms with Crippen molar-refractivity contribution >= 4 is 17.7 Å². The molecule has 19 heavy (non-hydrogen) atoms. The Labute approximate surface area is 117 Å². The van der Waals surface area contributed by atoms with Crippen LogP contribution in [0.3, 0.4) is 0 Å². The van der Waals surface area contributed by atoms with E-state index in [1.807, 2.05) is 12.4 Å². The van der Waals surface area contributed by atoms with Gasteiger partial charge in [-0.1, -0.05) is 11.8 Å². The summed E-state index contributed by atoms with van der Waals surface area (Å²) >= 11 is 1.51. The molecule has 1 aliphatic carbocycles. The fraction of sp³-hybridized carbons (Fsp3) is 0.692. The maximum Gasteiger partial charge on any atom is 0.230 e. The molecule has 1 aromatic heterocycles. The fourth-order valence-corrected chi connectivity index (χ4v) is 3.11. The molecule has 1 aliphatic heterocycles. The van der Waals surface area contributed by atoms with Gasteiger partial charge in [0.15, 0.2) is 5.16 Å². The standard InChI is InChI=1S/C13H19N3O2S/c17-12(15-8-11-2-1-7-18-11)9-19-13-14-5-6-16(13)10-3-4-10/h5-6,10-11H,1-4,7-9H2,(H,15,17)/t11-/m0/s1. The number of carbonyl (C=O) groups excluding carboxylic acids is 1. The quantitative estimate of drug-likeness (QED) is 0.805. The van der Waals surface area contributed by atoms with Gasteiger partial charge in [-0.15, -0.1) is 0 Å². The molecule has 0 aromatic carbocycles. The topological polar surface area (TPSA) is 56.2 Å². The van der Waals surface area contributed by atoms with Crippen LogP contribution in [-0.2, 0) is 9.53 Å². The summed E-state index contributed by atoms with van der Waals surface area (Å²) in [4.78, 5) is 16.1. The highest BCUT2D eigenvalue weighted by molar-refractivity contribution is 7.99. The van der Waals surface area contributed by atoms with Crippen LogP contribution in [0.15, 0.2) is 17.6 Å². The van der Waals surface area contributed by atoms with E-state index in [0.717, 1.165) is 24.6 Å². The van der Waals surface area contributed by atoms with Crippen molar-refractivity contribution in [2.45, 2.75) is 43.0 Å². The van der Waals surface area contributed by atoms with Gasteiger partial charge in [0.25, 0.3) is 0 Å².